The predicted octanol–water partition coefficient (Wildman–Crippen LogP) is 3.47. The smallest absolute Gasteiger partial charge is 0.194 e. The summed E-state index contributed by atoms with van der Waals surface area (Å²) < 4.78 is 3.93. The molecule has 0 aliphatic carbocycles. The fourth-order valence-electron chi connectivity index (χ4n) is 2.97. The molecule has 1 N–H and O–H groups in total. The summed E-state index contributed by atoms with van der Waals surface area (Å²) >= 11 is 1.64. The molecular formula is C18H28IN7S. The monoisotopic (exact) mass is 501 g/mol. The molecule has 0 fully saturated rings. The van der Waals surface area contributed by atoms with Crippen LogP contribution in [0.3, 0.4) is 0 Å². The van der Waals surface area contributed by atoms with Crippen LogP contribution in [0.5, 0.6) is 0 Å². The van der Waals surface area contributed by atoms with Crippen LogP contribution in [0, 0.1) is 0 Å². The first-order valence-corrected chi connectivity index (χ1v) is 9.78. The van der Waals surface area contributed by atoms with Crippen molar-refractivity contribution >= 4 is 46.2 Å². The maximum absolute atomic E-state index is 4.77. The van der Waals surface area contributed by atoms with Gasteiger partial charge in [0.1, 0.15) is 0 Å². The highest BCUT2D eigenvalue weighted by Gasteiger charge is 2.15. The third kappa shape index (κ3) is 5.22. The van der Waals surface area contributed by atoms with Crippen molar-refractivity contribution in [3.05, 3.63) is 40.9 Å². The van der Waals surface area contributed by atoms with Gasteiger partial charge in [-0.2, -0.15) is 5.10 Å². The Kier molecular flexibility index (Phi) is 7.66. The number of nitrogens with one attached hydrogen (secondary N) is 1. The number of aliphatic imine (C=N–C) groups is 1. The Hall–Kier alpha value is -1.62. The molecule has 0 atom stereocenters. The van der Waals surface area contributed by atoms with Gasteiger partial charge in [-0.25, -0.2) is 9.98 Å². The quantitative estimate of drug-likeness (QED) is 0.319. The zero-order chi connectivity index (χ0) is 18.7. The number of rotatable bonds is 6. The predicted molar refractivity (Wildman–Crippen MR) is 122 cm³/mol. The van der Waals surface area contributed by atoms with Crippen LogP contribution in [0.15, 0.2) is 29.0 Å². The summed E-state index contributed by atoms with van der Waals surface area (Å²) in [5.74, 6) is 1.28. The zero-order valence-corrected chi connectivity index (χ0v) is 19.7. The summed E-state index contributed by atoms with van der Waals surface area (Å²) in [6.07, 6.45) is 6.16. The van der Waals surface area contributed by atoms with Gasteiger partial charge in [0.15, 0.2) is 10.9 Å². The van der Waals surface area contributed by atoms with Crippen molar-refractivity contribution < 1.29 is 0 Å². The molecular weight excluding hydrogens is 473 g/mol. The maximum Gasteiger partial charge on any atom is 0.194 e. The number of imidazole rings is 1. The van der Waals surface area contributed by atoms with Crippen LogP contribution in [-0.2, 0) is 20.1 Å². The molecule has 0 spiro atoms. The highest BCUT2D eigenvalue weighted by atomic mass is 127. The molecule has 7 nitrogen and oxygen atoms in total. The summed E-state index contributed by atoms with van der Waals surface area (Å²) in [7, 11) is 4.03. The van der Waals surface area contributed by atoms with Gasteiger partial charge in [-0.15, -0.1) is 35.3 Å². The second kappa shape index (κ2) is 9.54. The van der Waals surface area contributed by atoms with Crippen molar-refractivity contribution in [1.82, 2.24) is 29.4 Å². The molecule has 3 heterocycles. The Morgan fingerprint density at radius 3 is 2.81 bits per heavy atom. The lowest BCUT2D eigenvalue weighted by atomic mass is 10.1. The van der Waals surface area contributed by atoms with E-state index in [2.05, 4.69) is 54.3 Å². The molecule has 3 aromatic heterocycles. The molecule has 27 heavy (non-hydrogen) atoms. The highest BCUT2D eigenvalue weighted by molar-refractivity contribution is 14.0. The summed E-state index contributed by atoms with van der Waals surface area (Å²) in [6, 6.07) is 0. The van der Waals surface area contributed by atoms with Gasteiger partial charge in [-0.05, 0) is 12.8 Å². The molecule has 3 rings (SSSR count). The molecule has 9 heteroatoms. The number of halogens is 1. The normalized spacial score (nSPS) is 11.9. The molecule has 0 radical (unpaired) electrons. The van der Waals surface area contributed by atoms with Crippen molar-refractivity contribution in [2.45, 2.75) is 39.8 Å². The van der Waals surface area contributed by atoms with Gasteiger partial charge in [0.05, 0.1) is 17.9 Å². The number of fused-ring (bicyclic) bond motifs is 1. The van der Waals surface area contributed by atoms with Gasteiger partial charge in [0, 0.05) is 56.7 Å². The average molecular weight is 501 g/mol. The molecule has 3 aromatic rings. The lowest BCUT2D eigenvalue weighted by Crippen LogP contribution is -2.38. The lowest BCUT2D eigenvalue weighted by Gasteiger charge is -2.22. The van der Waals surface area contributed by atoms with Crippen LogP contribution in [0.4, 0.5) is 0 Å². The van der Waals surface area contributed by atoms with E-state index in [1.807, 2.05) is 33.9 Å². The number of aryl methyl sites for hydroxylation is 1. The van der Waals surface area contributed by atoms with E-state index in [-0.39, 0.29) is 24.0 Å². The molecule has 0 aliphatic heterocycles. The van der Waals surface area contributed by atoms with E-state index in [1.165, 1.54) is 5.56 Å². The van der Waals surface area contributed by atoms with Crippen LogP contribution in [0.2, 0.25) is 0 Å². The first-order valence-electron chi connectivity index (χ1n) is 8.90. The minimum absolute atomic E-state index is 0. The van der Waals surface area contributed by atoms with Gasteiger partial charge in [-0.3, -0.25) is 9.08 Å². The first kappa shape index (κ1) is 21.7. The van der Waals surface area contributed by atoms with Gasteiger partial charge in [0.25, 0.3) is 0 Å². The van der Waals surface area contributed by atoms with E-state index in [1.54, 1.807) is 11.3 Å². The molecule has 148 valence electrons. The number of thiazole rings is 1. The fraction of sp³-hybridized carbons (Fsp3) is 0.500. The Morgan fingerprint density at radius 1 is 1.37 bits per heavy atom. The van der Waals surface area contributed by atoms with Crippen molar-refractivity contribution in [1.29, 1.82) is 0 Å². The van der Waals surface area contributed by atoms with E-state index in [4.69, 9.17) is 4.99 Å². The van der Waals surface area contributed by atoms with Gasteiger partial charge < -0.3 is 10.2 Å². The van der Waals surface area contributed by atoms with Crippen LogP contribution >= 0.6 is 35.3 Å². The summed E-state index contributed by atoms with van der Waals surface area (Å²) in [5, 5.41) is 10.0. The standard InChI is InChI=1S/C18H27N7S.HI/c1-6-19-17(20-9-15-12-25-7-8-26-18(25)21-15)23(4)10-14-11-24(5)22-16(14)13(2)3;/h7-8,11-13H,6,9-10H2,1-5H3,(H,19,20);1H. The summed E-state index contributed by atoms with van der Waals surface area (Å²) in [4.78, 5) is 12.5. The Bertz CT molecular complexity index is 864. The molecule has 0 unspecified atom stereocenters. The minimum atomic E-state index is 0. The van der Waals surface area contributed by atoms with E-state index < -0.39 is 0 Å². The molecule has 0 amide bonds. The molecule has 0 bridgehead atoms. The fourth-order valence-corrected chi connectivity index (χ4v) is 3.69. The molecule has 0 aromatic carbocycles. The largest absolute Gasteiger partial charge is 0.357 e. The number of guanidine groups is 1. The lowest BCUT2D eigenvalue weighted by molar-refractivity contribution is 0.473. The maximum atomic E-state index is 4.77. The number of hydrogen-bond donors (Lipinski definition) is 1. The van der Waals surface area contributed by atoms with Crippen molar-refractivity contribution in [3.63, 3.8) is 0 Å². The van der Waals surface area contributed by atoms with Crippen molar-refractivity contribution in [2.24, 2.45) is 12.0 Å². The minimum Gasteiger partial charge on any atom is -0.357 e. The van der Waals surface area contributed by atoms with Gasteiger partial charge >= 0.3 is 0 Å². The second-order valence-corrected chi connectivity index (χ2v) is 7.59. The summed E-state index contributed by atoms with van der Waals surface area (Å²) in [5.41, 5.74) is 3.35. The van der Waals surface area contributed by atoms with Crippen molar-refractivity contribution in [3.8, 4) is 0 Å². The SMILES string of the molecule is CCNC(=NCc1cn2ccsc2n1)N(C)Cc1cn(C)nc1C(C)C.I. The highest BCUT2D eigenvalue weighted by Crippen LogP contribution is 2.18. The van der Waals surface area contributed by atoms with E-state index >= 15 is 0 Å². The number of hydrogen-bond acceptors (Lipinski definition) is 4. The Morgan fingerprint density at radius 2 is 2.15 bits per heavy atom. The average Bonchev–Trinajstić information content (AvgIpc) is 3.25. The number of aromatic nitrogens is 4. The summed E-state index contributed by atoms with van der Waals surface area (Å²) in [6.45, 7) is 8.59. The first-order chi connectivity index (χ1) is 12.5. The van der Waals surface area contributed by atoms with Crippen LogP contribution in [-0.4, -0.2) is 43.6 Å². The van der Waals surface area contributed by atoms with Crippen LogP contribution in [0.25, 0.3) is 4.96 Å². The van der Waals surface area contributed by atoms with E-state index in [0.717, 1.165) is 35.4 Å². The van der Waals surface area contributed by atoms with E-state index in [0.29, 0.717) is 12.5 Å². The van der Waals surface area contributed by atoms with Gasteiger partial charge in [0.2, 0.25) is 0 Å². The topological polar surface area (TPSA) is 62.8 Å². The zero-order valence-electron chi connectivity index (χ0n) is 16.5. The third-order valence-corrected chi connectivity index (χ3v) is 4.89. The molecule has 0 aliphatic rings. The second-order valence-electron chi connectivity index (χ2n) is 6.72. The van der Waals surface area contributed by atoms with E-state index in [9.17, 15) is 0 Å². The Labute approximate surface area is 181 Å². The van der Waals surface area contributed by atoms with Gasteiger partial charge in [-0.1, -0.05) is 13.8 Å². The van der Waals surface area contributed by atoms with Crippen LogP contribution in [0.1, 0.15) is 43.6 Å². The molecule has 0 saturated carbocycles. The number of nitrogens with zero attached hydrogens (tertiary/aromatic N) is 6. The Balaban J connectivity index is 0.00000261. The third-order valence-electron chi connectivity index (χ3n) is 4.12. The van der Waals surface area contributed by atoms with Crippen molar-refractivity contribution in [2.75, 3.05) is 13.6 Å². The van der Waals surface area contributed by atoms with Crippen LogP contribution < -0.4 is 5.32 Å². The molecule has 0 saturated heterocycles.